The van der Waals surface area contributed by atoms with Crippen LogP contribution < -0.4 is 5.73 Å². The lowest BCUT2D eigenvalue weighted by Crippen LogP contribution is -2.61. The van der Waals surface area contributed by atoms with E-state index in [0.717, 1.165) is 56.3 Å². The lowest BCUT2D eigenvalue weighted by Gasteiger charge is -2.51. The third-order valence-corrected chi connectivity index (χ3v) is 8.07. The molecule has 0 saturated carbocycles. The molecule has 0 amide bonds. The third-order valence-electron chi connectivity index (χ3n) is 6.90. The first-order valence-corrected chi connectivity index (χ1v) is 14.0. The molecule has 0 bridgehead atoms. The van der Waals surface area contributed by atoms with Crippen LogP contribution in [0.5, 0.6) is 0 Å². The van der Waals surface area contributed by atoms with Gasteiger partial charge in [-0.3, -0.25) is 4.90 Å². The number of rotatable bonds is 9. The van der Waals surface area contributed by atoms with Gasteiger partial charge in [-0.1, -0.05) is 49.8 Å². The molecule has 3 atom stereocenters. The summed E-state index contributed by atoms with van der Waals surface area (Å²) in [6, 6.07) is 0.524. The Balaban J connectivity index is 2.20. The van der Waals surface area contributed by atoms with Crippen molar-refractivity contribution in [2.24, 2.45) is 21.9 Å². The Labute approximate surface area is 219 Å². The van der Waals surface area contributed by atoms with Crippen molar-refractivity contribution in [1.29, 1.82) is 0 Å². The van der Waals surface area contributed by atoms with Crippen LogP contribution in [0.2, 0.25) is 0 Å². The van der Waals surface area contributed by atoms with Gasteiger partial charge in [0.25, 0.3) is 0 Å². The SMILES string of the molecule is C=C/C(C)=C\C=C(/C)CC1(C)CO[C@@H](CC(C)C)CN1C1CCSN(/C(C)=N/N=C(\C)CN)CC1. The summed E-state index contributed by atoms with van der Waals surface area (Å²) in [5, 5.41) is 8.70. The summed E-state index contributed by atoms with van der Waals surface area (Å²) in [5.41, 5.74) is 9.06. The van der Waals surface area contributed by atoms with E-state index >= 15 is 0 Å². The molecule has 2 aliphatic rings. The van der Waals surface area contributed by atoms with Crippen molar-refractivity contribution in [3.05, 3.63) is 36.0 Å². The van der Waals surface area contributed by atoms with Gasteiger partial charge in [-0.2, -0.15) is 5.10 Å². The minimum atomic E-state index is -0.0137. The van der Waals surface area contributed by atoms with Gasteiger partial charge in [-0.15, -0.1) is 5.10 Å². The van der Waals surface area contributed by atoms with Crippen LogP contribution in [0.1, 0.15) is 74.1 Å². The molecule has 198 valence electrons. The topological polar surface area (TPSA) is 66.5 Å². The fourth-order valence-electron chi connectivity index (χ4n) is 4.87. The number of nitrogens with zero attached hydrogens (tertiary/aromatic N) is 4. The first kappa shape index (κ1) is 29.8. The highest BCUT2D eigenvalue weighted by Crippen LogP contribution is 2.36. The molecule has 2 aliphatic heterocycles. The standard InChI is InChI=1S/C28H49N5OS/c1-9-22(4)10-11-23(5)17-28(8)20-34-27(16-21(2)3)19-32(28)26-12-14-33(35-15-13-26)25(7)31-30-24(6)18-29/h9-11,21,26-27H,1,12-20,29H2,2-8H3/b22-10-,23-11+,30-24+,31-25+/t26?,27-,28?/m0/s1. The monoisotopic (exact) mass is 503 g/mol. The Morgan fingerprint density at radius 3 is 2.60 bits per heavy atom. The van der Waals surface area contributed by atoms with Crippen LogP contribution >= 0.6 is 11.9 Å². The minimum absolute atomic E-state index is 0.0137. The van der Waals surface area contributed by atoms with Gasteiger partial charge in [0.15, 0.2) is 0 Å². The van der Waals surface area contributed by atoms with Crippen molar-refractivity contribution in [3.63, 3.8) is 0 Å². The maximum atomic E-state index is 6.47. The third kappa shape index (κ3) is 9.52. The predicted molar refractivity (Wildman–Crippen MR) is 154 cm³/mol. The molecule has 0 spiro atoms. The molecular formula is C28H49N5OS. The number of ether oxygens (including phenoxy) is 1. The maximum absolute atomic E-state index is 6.47. The fraction of sp³-hybridized carbons (Fsp3) is 0.714. The lowest BCUT2D eigenvalue weighted by atomic mass is 9.86. The summed E-state index contributed by atoms with van der Waals surface area (Å²) in [5.74, 6) is 2.67. The Morgan fingerprint density at radius 2 is 1.94 bits per heavy atom. The number of amidine groups is 1. The van der Waals surface area contributed by atoms with E-state index in [0.29, 0.717) is 24.6 Å². The van der Waals surface area contributed by atoms with Gasteiger partial charge in [0.1, 0.15) is 5.84 Å². The molecule has 0 aromatic heterocycles. The van der Waals surface area contributed by atoms with Crippen LogP contribution in [0.25, 0.3) is 0 Å². The molecule has 7 heteroatoms. The Kier molecular flexibility index (Phi) is 12.2. The Morgan fingerprint density at radius 1 is 1.20 bits per heavy atom. The lowest BCUT2D eigenvalue weighted by molar-refractivity contribution is -0.127. The van der Waals surface area contributed by atoms with Crippen molar-refractivity contribution in [1.82, 2.24) is 9.21 Å². The van der Waals surface area contributed by atoms with Crippen molar-refractivity contribution in [2.75, 3.05) is 32.0 Å². The normalized spacial score (nSPS) is 28.4. The molecule has 0 radical (unpaired) electrons. The van der Waals surface area contributed by atoms with Crippen LogP contribution in [-0.2, 0) is 4.74 Å². The van der Waals surface area contributed by atoms with Gasteiger partial charge >= 0.3 is 0 Å². The molecule has 2 unspecified atom stereocenters. The average molecular weight is 504 g/mol. The second-order valence-electron chi connectivity index (χ2n) is 10.9. The summed E-state index contributed by atoms with van der Waals surface area (Å²) in [7, 11) is 0. The predicted octanol–water partition coefficient (Wildman–Crippen LogP) is 5.83. The summed E-state index contributed by atoms with van der Waals surface area (Å²) >= 11 is 1.87. The molecule has 2 N–H and O–H groups in total. The van der Waals surface area contributed by atoms with E-state index in [2.05, 4.69) is 72.8 Å². The van der Waals surface area contributed by atoms with E-state index in [4.69, 9.17) is 10.5 Å². The van der Waals surface area contributed by atoms with Gasteiger partial charge in [-0.05, 0) is 78.2 Å². The van der Waals surface area contributed by atoms with Crippen LogP contribution in [0, 0.1) is 5.92 Å². The Hall–Kier alpha value is -1.41. The van der Waals surface area contributed by atoms with Gasteiger partial charge in [0, 0.05) is 37.0 Å². The second kappa shape index (κ2) is 14.4. The van der Waals surface area contributed by atoms with Gasteiger partial charge < -0.3 is 14.8 Å². The highest BCUT2D eigenvalue weighted by Gasteiger charge is 2.42. The van der Waals surface area contributed by atoms with E-state index < -0.39 is 0 Å². The van der Waals surface area contributed by atoms with Crippen LogP contribution in [0.15, 0.2) is 46.2 Å². The molecule has 2 rings (SSSR count). The van der Waals surface area contributed by atoms with Crippen molar-refractivity contribution in [3.8, 4) is 0 Å². The summed E-state index contributed by atoms with van der Waals surface area (Å²) < 4.78 is 8.78. The van der Waals surface area contributed by atoms with E-state index in [-0.39, 0.29) is 5.54 Å². The van der Waals surface area contributed by atoms with E-state index in [1.807, 2.05) is 31.9 Å². The molecule has 2 fully saturated rings. The molecule has 0 aromatic carbocycles. The van der Waals surface area contributed by atoms with Crippen molar-refractivity contribution < 1.29 is 4.74 Å². The van der Waals surface area contributed by atoms with E-state index in [9.17, 15) is 0 Å². The Bertz CT molecular complexity index is 818. The molecule has 2 heterocycles. The summed E-state index contributed by atoms with van der Waals surface area (Å²) in [4.78, 5) is 2.79. The van der Waals surface area contributed by atoms with Crippen LogP contribution in [0.4, 0.5) is 0 Å². The highest BCUT2D eigenvalue weighted by atomic mass is 32.2. The largest absolute Gasteiger partial charge is 0.375 e. The number of morpholine rings is 1. The quantitative estimate of drug-likeness (QED) is 0.141. The fourth-order valence-corrected chi connectivity index (χ4v) is 5.93. The summed E-state index contributed by atoms with van der Waals surface area (Å²) in [6.45, 7) is 22.3. The minimum Gasteiger partial charge on any atom is -0.375 e. The van der Waals surface area contributed by atoms with Crippen LogP contribution in [-0.4, -0.2) is 70.4 Å². The van der Waals surface area contributed by atoms with Crippen molar-refractivity contribution >= 4 is 23.5 Å². The number of hydrogen-bond acceptors (Lipinski definition) is 6. The zero-order valence-corrected chi connectivity index (χ0v) is 24.0. The van der Waals surface area contributed by atoms with Gasteiger partial charge in [0.05, 0.1) is 18.4 Å². The molecular weight excluding hydrogens is 454 g/mol. The molecule has 6 nitrogen and oxygen atoms in total. The molecule has 0 aromatic rings. The molecule has 2 saturated heterocycles. The molecule has 0 aliphatic carbocycles. The van der Waals surface area contributed by atoms with E-state index in [1.165, 1.54) is 17.6 Å². The number of hydrogen-bond donors (Lipinski definition) is 1. The zero-order chi connectivity index (χ0) is 26.0. The summed E-state index contributed by atoms with van der Waals surface area (Å²) in [6.07, 6.45) is 11.0. The van der Waals surface area contributed by atoms with Crippen LogP contribution in [0.3, 0.4) is 0 Å². The van der Waals surface area contributed by atoms with Crippen molar-refractivity contribution in [2.45, 2.75) is 91.8 Å². The molecule has 35 heavy (non-hydrogen) atoms. The van der Waals surface area contributed by atoms with Gasteiger partial charge in [-0.25, -0.2) is 0 Å². The smallest absolute Gasteiger partial charge is 0.134 e. The van der Waals surface area contributed by atoms with Gasteiger partial charge in [0.2, 0.25) is 0 Å². The average Bonchev–Trinajstić information content (AvgIpc) is 3.07. The zero-order valence-electron chi connectivity index (χ0n) is 23.2. The second-order valence-corrected chi connectivity index (χ2v) is 12.0. The highest BCUT2D eigenvalue weighted by molar-refractivity contribution is 7.97. The maximum Gasteiger partial charge on any atom is 0.134 e. The first-order chi connectivity index (χ1) is 16.6. The number of nitrogens with two attached hydrogens (primary N) is 1. The van der Waals surface area contributed by atoms with E-state index in [1.54, 1.807) is 0 Å². The number of allylic oxidation sites excluding steroid dienone is 4. The first-order valence-electron chi connectivity index (χ1n) is 13.1.